The molecule has 1 saturated heterocycles. The summed E-state index contributed by atoms with van der Waals surface area (Å²) in [7, 11) is 0. The number of hydrogen-bond acceptors (Lipinski definition) is 5. The number of aliphatic carboxylic acids is 1. The Balaban J connectivity index is 0.00000324. The quantitative estimate of drug-likeness (QED) is 0.602. The molecule has 182 valence electrons. The number of alkyl halides is 3. The van der Waals surface area contributed by atoms with Crippen LogP contribution in [-0.4, -0.2) is 46.0 Å². The molecule has 2 heterocycles. The zero-order valence-corrected chi connectivity index (χ0v) is 19.0. The first-order valence-corrected chi connectivity index (χ1v) is 10.4. The Morgan fingerprint density at radius 3 is 2.46 bits per heavy atom. The van der Waals surface area contributed by atoms with E-state index in [4.69, 9.17) is 9.84 Å². The summed E-state index contributed by atoms with van der Waals surface area (Å²) in [5.74, 6) is -1.29. The number of imide groups is 1. The number of urea groups is 1. The van der Waals surface area contributed by atoms with Crippen LogP contribution >= 0.6 is 0 Å². The normalized spacial score (nSPS) is 13.5. The molecule has 2 aromatic rings. The van der Waals surface area contributed by atoms with Gasteiger partial charge in [-0.25, -0.2) is 9.78 Å². The minimum atomic E-state index is -4.47. The number of carboxylic acid groups (broad SMARTS) is 1. The summed E-state index contributed by atoms with van der Waals surface area (Å²) in [4.78, 5) is 39.5. The van der Waals surface area contributed by atoms with Crippen LogP contribution in [0.15, 0.2) is 48.2 Å². The fourth-order valence-electron chi connectivity index (χ4n) is 3.26. The van der Waals surface area contributed by atoms with Crippen LogP contribution in [0.3, 0.4) is 0 Å². The van der Waals surface area contributed by atoms with Gasteiger partial charge >= 0.3 is 37.0 Å². The number of piperidine rings is 1. The van der Waals surface area contributed by atoms with E-state index in [1.54, 1.807) is 18.2 Å². The third-order valence-electron chi connectivity index (χ3n) is 5.02. The van der Waals surface area contributed by atoms with Crippen LogP contribution in [0, 0.1) is 0 Å². The maximum atomic E-state index is 12.7. The second kappa shape index (κ2) is 12.4. The fourth-order valence-corrected chi connectivity index (χ4v) is 3.26. The molecule has 0 atom stereocenters. The second-order valence-electron chi connectivity index (χ2n) is 7.59. The number of ether oxygens (including phenoxy) is 1. The van der Waals surface area contributed by atoms with Crippen molar-refractivity contribution in [2.45, 2.75) is 31.9 Å². The van der Waals surface area contributed by atoms with Crippen molar-refractivity contribution in [1.82, 2.24) is 15.2 Å². The molecule has 1 aromatic carbocycles. The van der Waals surface area contributed by atoms with E-state index in [0.717, 1.165) is 23.3 Å². The van der Waals surface area contributed by atoms with E-state index in [1.807, 2.05) is 12.1 Å². The zero-order chi connectivity index (χ0) is 24.7. The molecule has 1 fully saturated rings. The summed E-state index contributed by atoms with van der Waals surface area (Å²) in [5, 5.41) is 10.8. The Morgan fingerprint density at radius 2 is 1.86 bits per heavy atom. The van der Waals surface area contributed by atoms with Crippen LogP contribution in [0.25, 0.3) is 6.08 Å². The monoisotopic (exact) mass is 485 g/mol. The molecule has 1 aliphatic heterocycles. The van der Waals surface area contributed by atoms with Crippen molar-refractivity contribution in [2.24, 2.45) is 0 Å². The van der Waals surface area contributed by atoms with Crippen molar-refractivity contribution in [2.75, 3.05) is 13.1 Å². The fraction of sp³-hybridized carbons (Fsp3) is 0.304. The smallest absolute Gasteiger partial charge is 1.00 e. The van der Waals surface area contributed by atoms with E-state index >= 15 is 0 Å². The van der Waals surface area contributed by atoms with Gasteiger partial charge in [0.1, 0.15) is 5.75 Å². The Kier molecular flexibility index (Phi) is 9.92. The van der Waals surface area contributed by atoms with Crippen molar-refractivity contribution < 1.29 is 57.7 Å². The number of likely N-dealkylation sites (tertiary alicyclic amines) is 1. The molecular weight excluding hydrogens is 462 g/mol. The molecule has 0 radical (unpaired) electrons. The molecule has 3 rings (SSSR count). The van der Waals surface area contributed by atoms with E-state index in [9.17, 15) is 27.6 Å². The number of amides is 3. The zero-order valence-electron chi connectivity index (χ0n) is 20.0. The van der Waals surface area contributed by atoms with Gasteiger partial charge in [-0.3, -0.25) is 14.9 Å². The molecule has 0 unspecified atom stereocenters. The average molecular weight is 485 g/mol. The summed E-state index contributed by atoms with van der Waals surface area (Å²) < 4.78 is 43.5. The number of hydrogen-bond donors (Lipinski definition) is 2. The van der Waals surface area contributed by atoms with Crippen molar-refractivity contribution in [3.63, 3.8) is 0 Å². The number of rotatable bonds is 6. The van der Waals surface area contributed by atoms with Crippen molar-refractivity contribution in [3.05, 3.63) is 59.3 Å². The minimum Gasteiger partial charge on any atom is -1.00 e. The van der Waals surface area contributed by atoms with Gasteiger partial charge in [-0.15, -0.1) is 0 Å². The number of carbonyl (C=O) groups excluding carboxylic acids is 2. The van der Waals surface area contributed by atoms with Crippen LogP contribution in [0.2, 0.25) is 0 Å². The Labute approximate surface area is 212 Å². The van der Waals surface area contributed by atoms with E-state index in [0.29, 0.717) is 37.9 Å². The predicted molar refractivity (Wildman–Crippen MR) is 116 cm³/mol. The van der Waals surface area contributed by atoms with Gasteiger partial charge in [0.25, 0.3) is 0 Å². The molecule has 12 heteroatoms. The number of aromatic nitrogens is 1. The van der Waals surface area contributed by atoms with E-state index in [2.05, 4.69) is 10.3 Å². The molecule has 1 aliphatic rings. The largest absolute Gasteiger partial charge is 1.00 e. The third-order valence-corrected chi connectivity index (χ3v) is 5.02. The molecule has 3 amide bonds. The number of benzene rings is 1. The summed E-state index contributed by atoms with van der Waals surface area (Å²) in [6.07, 6.45) is -1.25. The van der Waals surface area contributed by atoms with E-state index in [-0.39, 0.29) is 39.0 Å². The van der Waals surface area contributed by atoms with E-state index < -0.39 is 29.6 Å². The van der Waals surface area contributed by atoms with Gasteiger partial charge in [0.05, 0.1) is 12.0 Å². The summed E-state index contributed by atoms with van der Waals surface area (Å²) in [5.41, 5.74) is 1.04. The number of nitrogens with one attached hydrogen (secondary N) is 1. The van der Waals surface area contributed by atoms with Crippen molar-refractivity contribution >= 4 is 24.0 Å². The van der Waals surface area contributed by atoms with Gasteiger partial charge < -0.3 is 16.2 Å². The van der Waals surface area contributed by atoms with Gasteiger partial charge in [-0.05, 0) is 36.6 Å². The van der Waals surface area contributed by atoms with Gasteiger partial charge in [0.15, 0.2) is 0 Å². The van der Waals surface area contributed by atoms with Gasteiger partial charge in [0, 0.05) is 31.8 Å². The van der Waals surface area contributed by atoms with Crippen molar-refractivity contribution in [1.29, 1.82) is 0 Å². The van der Waals surface area contributed by atoms with Crippen LogP contribution in [0.4, 0.5) is 18.0 Å². The predicted octanol–water partition coefficient (Wildman–Crippen LogP) is 1.59. The summed E-state index contributed by atoms with van der Waals surface area (Å²) in [6.45, 7) is 0.797. The second-order valence-corrected chi connectivity index (χ2v) is 7.59. The topological polar surface area (TPSA) is 109 Å². The minimum absolute atomic E-state index is 0. The maximum absolute atomic E-state index is 12.7. The summed E-state index contributed by atoms with van der Waals surface area (Å²) in [6, 6.07) is 8.49. The molecule has 0 aliphatic carbocycles. The van der Waals surface area contributed by atoms with Gasteiger partial charge in [-0.2, -0.15) is 13.2 Å². The summed E-state index contributed by atoms with van der Waals surface area (Å²) >= 11 is 0. The van der Waals surface area contributed by atoms with Crippen molar-refractivity contribution in [3.8, 4) is 11.6 Å². The molecule has 0 spiro atoms. The Morgan fingerprint density at radius 1 is 1.14 bits per heavy atom. The molecular formula is C23H23F3LiN3O5. The number of carboxylic acids is 1. The number of carbonyl (C=O) groups is 3. The van der Waals surface area contributed by atoms with E-state index in [1.165, 1.54) is 4.90 Å². The number of pyridine rings is 1. The standard InChI is InChI=1S/C23H22F3N3O5.Li.H/c24-23(25,26)17-4-6-20(27-14-17)34-18-3-1-2-16(13-18)12-15-8-10-29(11-9-15)22(33)28-19(30)5-7-21(31)32;;/h1-4,6,12-14H,5,7-11H2,(H,31,32)(H,28,30,33);;/q;+1;-1. The van der Waals surface area contributed by atoms with Gasteiger partial charge in [-0.1, -0.05) is 23.8 Å². The molecule has 0 bridgehead atoms. The Hall–Kier alpha value is -3.29. The maximum Gasteiger partial charge on any atom is 1.00 e. The van der Waals surface area contributed by atoms with Crippen LogP contribution in [0.5, 0.6) is 11.6 Å². The molecule has 8 nitrogen and oxygen atoms in total. The molecule has 2 N–H and O–H groups in total. The van der Waals surface area contributed by atoms with Gasteiger partial charge in [0.2, 0.25) is 11.8 Å². The average Bonchev–Trinajstić information content (AvgIpc) is 2.78. The number of nitrogens with zero attached hydrogens (tertiary/aromatic N) is 2. The SMILES string of the molecule is O=C(O)CCC(=O)NC(=O)N1CCC(=Cc2cccc(Oc3ccc(C(F)(F)F)cn3)c2)CC1.[H-].[Li+]. The van der Waals surface area contributed by atoms with Crippen LogP contribution < -0.4 is 28.9 Å². The molecule has 35 heavy (non-hydrogen) atoms. The van der Waals surface area contributed by atoms with Crippen LogP contribution in [0.1, 0.15) is 38.2 Å². The first kappa shape index (κ1) is 27.9. The van der Waals surface area contributed by atoms with Crippen LogP contribution in [-0.2, 0) is 15.8 Å². The Bertz CT molecular complexity index is 1090. The first-order chi connectivity index (χ1) is 16.1. The molecule has 0 saturated carbocycles. The third kappa shape index (κ3) is 8.77. The first-order valence-electron chi connectivity index (χ1n) is 10.4. The number of halogens is 3. The molecule has 1 aromatic heterocycles.